The van der Waals surface area contributed by atoms with Gasteiger partial charge in [-0.05, 0) is 37.0 Å². The summed E-state index contributed by atoms with van der Waals surface area (Å²) in [6.07, 6.45) is 6.64. The summed E-state index contributed by atoms with van der Waals surface area (Å²) in [5.41, 5.74) is 1.05. The van der Waals surface area contributed by atoms with Crippen molar-refractivity contribution in [3.8, 4) is 0 Å². The number of carbonyl (C=O) groups excluding carboxylic acids is 1. The lowest BCUT2D eigenvalue weighted by Crippen LogP contribution is -2.48. The highest BCUT2D eigenvalue weighted by molar-refractivity contribution is 5.81. The van der Waals surface area contributed by atoms with Crippen LogP contribution >= 0.6 is 0 Å². The van der Waals surface area contributed by atoms with Gasteiger partial charge in [-0.2, -0.15) is 0 Å². The average molecular weight is 289 g/mol. The number of piperidine rings is 1. The van der Waals surface area contributed by atoms with Crippen LogP contribution in [0.5, 0.6) is 0 Å². The van der Waals surface area contributed by atoms with E-state index in [-0.39, 0.29) is 11.3 Å². The quantitative estimate of drug-likeness (QED) is 0.906. The van der Waals surface area contributed by atoms with Crippen molar-refractivity contribution in [2.45, 2.75) is 52.6 Å². The molecule has 1 N–H and O–H groups in total. The second-order valence-corrected chi connectivity index (χ2v) is 6.62. The maximum atomic E-state index is 12.2. The van der Waals surface area contributed by atoms with Crippen LogP contribution < -0.4 is 5.32 Å². The number of nitrogens with one attached hydrogen (secondary N) is 1. The van der Waals surface area contributed by atoms with Gasteiger partial charge in [-0.25, -0.2) is 0 Å². The van der Waals surface area contributed by atoms with E-state index in [1.54, 1.807) is 0 Å². The SMILES string of the molecule is CCC(C)(C)C(=O)NC1CCN(Cc2ccncc2)CC1. The number of aromatic nitrogens is 1. The summed E-state index contributed by atoms with van der Waals surface area (Å²) in [6.45, 7) is 9.15. The Morgan fingerprint density at radius 3 is 2.52 bits per heavy atom. The lowest BCUT2D eigenvalue weighted by Gasteiger charge is -2.34. The molecule has 0 aliphatic carbocycles. The van der Waals surface area contributed by atoms with Crippen molar-refractivity contribution in [2.75, 3.05) is 13.1 Å². The van der Waals surface area contributed by atoms with Crippen LogP contribution in [-0.4, -0.2) is 34.9 Å². The number of hydrogen-bond acceptors (Lipinski definition) is 3. The van der Waals surface area contributed by atoms with Gasteiger partial charge in [0.05, 0.1) is 0 Å². The molecule has 0 atom stereocenters. The largest absolute Gasteiger partial charge is 0.353 e. The van der Waals surface area contributed by atoms with Crippen LogP contribution in [0.1, 0.15) is 45.6 Å². The fraction of sp³-hybridized carbons (Fsp3) is 0.647. The minimum Gasteiger partial charge on any atom is -0.353 e. The Morgan fingerprint density at radius 1 is 1.33 bits per heavy atom. The van der Waals surface area contributed by atoms with E-state index in [0.717, 1.165) is 38.9 Å². The van der Waals surface area contributed by atoms with E-state index in [4.69, 9.17) is 0 Å². The third kappa shape index (κ3) is 4.53. The number of likely N-dealkylation sites (tertiary alicyclic amines) is 1. The Kier molecular flexibility index (Phi) is 5.34. The van der Waals surface area contributed by atoms with Crippen LogP contribution in [0.25, 0.3) is 0 Å². The van der Waals surface area contributed by atoms with Gasteiger partial charge < -0.3 is 5.32 Å². The van der Waals surface area contributed by atoms with Gasteiger partial charge in [0.2, 0.25) is 5.91 Å². The van der Waals surface area contributed by atoms with Crippen LogP contribution in [0.4, 0.5) is 0 Å². The lowest BCUT2D eigenvalue weighted by molar-refractivity contribution is -0.130. The number of amides is 1. The molecule has 1 aliphatic heterocycles. The van der Waals surface area contributed by atoms with E-state index in [2.05, 4.69) is 34.3 Å². The highest BCUT2D eigenvalue weighted by atomic mass is 16.2. The molecule has 0 aromatic carbocycles. The first-order chi connectivity index (χ1) is 10.0. The molecule has 0 spiro atoms. The second-order valence-electron chi connectivity index (χ2n) is 6.62. The van der Waals surface area contributed by atoms with Crippen molar-refractivity contribution in [3.05, 3.63) is 30.1 Å². The molecule has 0 bridgehead atoms. The Hall–Kier alpha value is -1.42. The van der Waals surface area contributed by atoms with Gasteiger partial charge in [-0.1, -0.05) is 20.8 Å². The van der Waals surface area contributed by atoms with Gasteiger partial charge in [-0.3, -0.25) is 14.7 Å². The molecule has 0 unspecified atom stereocenters. The van der Waals surface area contributed by atoms with E-state index in [9.17, 15) is 4.79 Å². The maximum Gasteiger partial charge on any atom is 0.225 e. The van der Waals surface area contributed by atoms with Gasteiger partial charge in [0.15, 0.2) is 0 Å². The molecule has 1 amide bonds. The summed E-state index contributed by atoms with van der Waals surface area (Å²) in [5, 5.41) is 3.22. The van der Waals surface area contributed by atoms with Crippen molar-refractivity contribution < 1.29 is 4.79 Å². The van der Waals surface area contributed by atoms with Gasteiger partial charge in [0.1, 0.15) is 0 Å². The predicted octanol–water partition coefficient (Wildman–Crippen LogP) is 2.60. The van der Waals surface area contributed by atoms with E-state index in [1.165, 1.54) is 5.56 Å². The third-order valence-corrected chi connectivity index (χ3v) is 4.58. The summed E-state index contributed by atoms with van der Waals surface area (Å²) in [6, 6.07) is 4.46. The molecule has 0 saturated carbocycles. The van der Waals surface area contributed by atoms with Crippen molar-refractivity contribution in [2.24, 2.45) is 5.41 Å². The zero-order valence-corrected chi connectivity index (χ0v) is 13.4. The molecular weight excluding hydrogens is 262 g/mol. The monoisotopic (exact) mass is 289 g/mol. The van der Waals surface area contributed by atoms with Crippen molar-refractivity contribution in [1.29, 1.82) is 0 Å². The van der Waals surface area contributed by atoms with Crippen LogP contribution in [0, 0.1) is 5.41 Å². The molecule has 1 fully saturated rings. The number of hydrogen-bond donors (Lipinski definition) is 1. The minimum atomic E-state index is -0.256. The maximum absolute atomic E-state index is 12.2. The minimum absolute atomic E-state index is 0.192. The summed E-state index contributed by atoms with van der Waals surface area (Å²) in [7, 11) is 0. The van der Waals surface area contributed by atoms with E-state index < -0.39 is 0 Å². The summed E-state index contributed by atoms with van der Waals surface area (Å²) in [5.74, 6) is 0.192. The Morgan fingerprint density at radius 2 is 1.95 bits per heavy atom. The van der Waals surface area contributed by atoms with E-state index >= 15 is 0 Å². The molecule has 2 rings (SSSR count). The molecule has 4 nitrogen and oxygen atoms in total. The standard InChI is InChI=1S/C17H27N3O/c1-4-17(2,3)16(21)19-15-7-11-20(12-8-15)13-14-5-9-18-10-6-14/h5-6,9-10,15H,4,7-8,11-13H2,1-3H3,(H,19,21). The van der Waals surface area contributed by atoms with Gasteiger partial charge >= 0.3 is 0 Å². The van der Waals surface area contributed by atoms with E-state index in [0.29, 0.717) is 6.04 Å². The predicted molar refractivity (Wildman–Crippen MR) is 84.8 cm³/mol. The fourth-order valence-electron chi connectivity index (χ4n) is 2.52. The molecule has 1 saturated heterocycles. The molecule has 4 heteroatoms. The summed E-state index contributed by atoms with van der Waals surface area (Å²) < 4.78 is 0. The molecule has 1 aromatic rings. The molecule has 1 aromatic heterocycles. The molecule has 1 aliphatic rings. The molecule has 21 heavy (non-hydrogen) atoms. The van der Waals surface area contributed by atoms with Crippen LogP contribution in [0.3, 0.4) is 0 Å². The molecule has 116 valence electrons. The first kappa shape index (κ1) is 16.0. The average Bonchev–Trinajstić information content (AvgIpc) is 2.50. The fourth-order valence-corrected chi connectivity index (χ4v) is 2.52. The molecule has 2 heterocycles. The van der Waals surface area contributed by atoms with Crippen molar-refractivity contribution >= 4 is 5.91 Å². The highest BCUT2D eigenvalue weighted by Crippen LogP contribution is 2.21. The molecule has 0 radical (unpaired) electrons. The number of pyridine rings is 1. The number of nitrogens with zero attached hydrogens (tertiary/aromatic N) is 2. The zero-order valence-electron chi connectivity index (χ0n) is 13.4. The van der Waals surface area contributed by atoms with Gasteiger partial charge in [-0.15, -0.1) is 0 Å². The van der Waals surface area contributed by atoms with Crippen LogP contribution in [0.2, 0.25) is 0 Å². The lowest BCUT2D eigenvalue weighted by atomic mass is 9.88. The number of rotatable bonds is 5. The third-order valence-electron chi connectivity index (χ3n) is 4.58. The smallest absolute Gasteiger partial charge is 0.225 e. The zero-order chi connectivity index (χ0) is 15.3. The van der Waals surface area contributed by atoms with Crippen LogP contribution in [0.15, 0.2) is 24.5 Å². The Bertz CT molecular complexity index is 450. The van der Waals surface area contributed by atoms with Crippen molar-refractivity contribution in [1.82, 2.24) is 15.2 Å². The van der Waals surface area contributed by atoms with Gasteiger partial charge in [0, 0.05) is 43.5 Å². The first-order valence-electron chi connectivity index (χ1n) is 7.93. The molecular formula is C17H27N3O. The van der Waals surface area contributed by atoms with E-state index in [1.807, 2.05) is 26.2 Å². The topological polar surface area (TPSA) is 45.2 Å². The van der Waals surface area contributed by atoms with Crippen molar-refractivity contribution in [3.63, 3.8) is 0 Å². The van der Waals surface area contributed by atoms with Crippen LogP contribution in [-0.2, 0) is 11.3 Å². The second kappa shape index (κ2) is 7.03. The number of carbonyl (C=O) groups is 1. The highest BCUT2D eigenvalue weighted by Gasteiger charge is 2.28. The Balaban J connectivity index is 1.77. The first-order valence-corrected chi connectivity index (χ1v) is 7.93. The summed E-state index contributed by atoms with van der Waals surface area (Å²) in [4.78, 5) is 18.7. The summed E-state index contributed by atoms with van der Waals surface area (Å²) >= 11 is 0. The van der Waals surface area contributed by atoms with Gasteiger partial charge in [0.25, 0.3) is 0 Å². The normalized spacial score (nSPS) is 17.7. The Labute approximate surface area is 127 Å².